The van der Waals surface area contributed by atoms with Gasteiger partial charge in [-0.1, -0.05) is 54.7 Å². The molecule has 5 nitrogen and oxygen atoms in total. The van der Waals surface area contributed by atoms with E-state index in [-0.39, 0.29) is 16.6 Å². The molecular weight excluding hydrogens is 460 g/mol. The zero-order valence-electron chi connectivity index (χ0n) is 17.7. The van der Waals surface area contributed by atoms with Crippen LogP contribution in [0.2, 0.25) is 0 Å². The van der Waals surface area contributed by atoms with Gasteiger partial charge in [-0.3, -0.25) is 9.69 Å². The van der Waals surface area contributed by atoms with Crippen molar-refractivity contribution in [3.63, 3.8) is 0 Å². The number of fused-ring (bicyclic) bond motifs is 1. The first-order valence-electron chi connectivity index (χ1n) is 10.0. The first kappa shape index (κ1) is 22.5. The highest BCUT2D eigenvalue weighted by Gasteiger charge is 2.23. The van der Waals surface area contributed by atoms with Crippen LogP contribution in [0.25, 0.3) is 10.2 Å². The first-order valence-corrected chi connectivity index (χ1v) is 13.7. The van der Waals surface area contributed by atoms with Gasteiger partial charge in [0.2, 0.25) is 0 Å². The van der Waals surface area contributed by atoms with Gasteiger partial charge in [0.1, 0.15) is 0 Å². The molecule has 0 bridgehead atoms. The molecule has 0 aliphatic rings. The Morgan fingerprint density at radius 3 is 2.38 bits per heavy atom. The molecule has 8 heteroatoms. The van der Waals surface area contributed by atoms with Gasteiger partial charge in [0.25, 0.3) is 5.91 Å². The van der Waals surface area contributed by atoms with Crippen LogP contribution in [-0.4, -0.2) is 31.3 Å². The maximum atomic E-state index is 13.5. The normalized spacial score (nSPS) is 11.6. The molecule has 0 saturated carbocycles. The van der Waals surface area contributed by atoms with Crippen molar-refractivity contribution in [3.8, 4) is 0 Å². The fraction of sp³-hybridized carbons (Fsp3) is 0.167. The first-order chi connectivity index (χ1) is 15.4. The molecular formula is C24H22N2O3S3. The number of sulfone groups is 1. The molecule has 0 spiro atoms. The van der Waals surface area contributed by atoms with Crippen LogP contribution < -0.4 is 4.90 Å². The lowest BCUT2D eigenvalue weighted by Gasteiger charge is -2.20. The Hall–Kier alpha value is -2.68. The summed E-state index contributed by atoms with van der Waals surface area (Å²) in [5.74, 6) is -0.205. The van der Waals surface area contributed by atoms with Crippen LogP contribution in [0.3, 0.4) is 0 Å². The molecule has 4 rings (SSSR count). The molecule has 32 heavy (non-hydrogen) atoms. The van der Waals surface area contributed by atoms with Crippen LogP contribution in [-0.2, 0) is 16.4 Å². The lowest BCUT2D eigenvalue weighted by molar-refractivity contribution is 0.0985. The molecule has 164 valence electrons. The Bertz CT molecular complexity index is 1350. The fourth-order valence-electron chi connectivity index (χ4n) is 3.31. The molecule has 0 saturated heterocycles. The monoisotopic (exact) mass is 482 g/mol. The van der Waals surface area contributed by atoms with E-state index >= 15 is 0 Å². The van der Waals surface area contributed by atoms with E-state index in [2.05, 4.69) is 0 Å². The number of carbonyl (C=O) groups is 1. The van der Waals surface area contributed by atoms with E-state index in [1.165, 1.54) is 23.5 Å². The molecule has 0 aliphatic carbocycles. The quantitative estimate of drug-likeness (QED) is 0.318. The number of thioether (sulfide) groups is 1. The van der Waals surface area contributed by atoms with Gasteiger partial charge in [-0.25, -0.2) is 13.4 Å². The van der Waals surface area contributed by atoms with E-state index in [9.17, 15) is 13.2 Å². The van der Waals surface area contributed by atoms with Crippen molar-refractivity contribution in [3.05, 3.63) is 83.9 Å². The number of anilines is 1. The van der Waals surface area contributed by atoms with E-state index in [1.807, 2.05) is 54.8 Å². The topological polar surface area (TPSA) is 67.3 Å². The van der Waals surface area contributed by atoms with Gasteiger partial charge >= 0.3 is 0 Å². The van der Waals surface area contributed by atoms with Crippen molar-refractivity contribution in [2.24, 2.45) is 0 Å². The Morgan fingerprint density at radius 2 is 1.72 bits per heavy atom. The SMILES string of the molecule is CCS(=O)(=O)c1ccc(C(=O)N(Cc2ccccc2)c2nc3c(SC)cccc3s2)cc1. The maximum absolute atomic E-state index is 13.5. The van der Waals surface area contributed by atoms with Crippen LogP contribution >= 0.6 is 23.1 Å². The summed E-state index contributed by atoms with van der Waals surface area (Å²) < 4.78 is 25.3. The molecule has 4 aromatic rings. The van der Waals surface area contributed by atoms with Crippen LogP contribution in [0.15, 0.2) is 82.6 Å². The molecule has 0 radical (unpaired) electrons. The number of rotatable bonds is 7. The molecule has 0 atom stereocenters. The third-order valence-corrected chi connectivity index (χ3v) is 8.65. The summed E-state index contributed by atoms with van der Waals surface area (Å²) in [5.41, 5.74) is 2.28. The lowest BCUT2D eigenvalue weighted by atomic mass is 10.1. The zero-order valence-corrected chi connectivity index (χ0v) is 20.1. The van der Waals surface area contributed by atoms with Crippen molar-refractivity contribution in [2.75, 3.05) is 16.9 Å². The van der Waals surface area contributed by atoms with Crippen LogP contribution in [0.5, 0.6) is 0 Å². The smallest absolute Gasteiger partial charge is 0.260 e. The second kappa shape index (κ2) is 9.44. The number of amides is 1. The Kier molecular flexibility index (Phi) is 6.64. The van der Waals surface area contributed by atoms with E-state index < -0.39 is 9.84 Å². The van der Waals surface area contributed by atoms with Crippen LogP contribution in [0.4, 0.5) is 5.13 Å². The van der Waals surface area contributed by atoms with Gasteiger partial charge in [0.05, 0.1) is 27.4 Å². The highest BCUT2D eigenvalue weighted by molar-refractivity contribution is 7.98. The predicted molar refractivity (Wildman–Crippen MR) is 133 cm³/mol. The highest BCUT2D eigenvalue weighted by Crippen LogP contribution is 2.35. The minimum Gasteiger partial charge on any atom is -0.279 e. The number of hydrogen-bond donors (Lipinski definition) is 0. The molecule has 0 aliphatic heterocycles. The van der Waals surface area contributed by atoms with Gasteiger partial charge < -0.3 is 0 Å². The number of nitrogens with zero attached hydrogens (tertiary/aromatic N) is 2. The molecule has 3 aromatic carbocycles. The number of aromatic nitrogens is 1. The summed E-state index contributed by atoms with van der Waals surface area (Å²) in [6, 6.07) is 21.9. The lowest BCUT2D eigenvalue weighted by Crippen LogP contribution is -2.30. The minimum atomic E-state index is -3.32. The van der Waals surface area contributed by atoms with Crippen molar-refractivity contribution < 1.29 is 13.2 Å². The van der Waals surface area contributed by atoms with E-state index in [4.69, 9.17) is 4.98 Å². The third-order valence-electron chi connectivity index (χ3n) is 5.09. The number of carbonyl (C=O) groups excluding carboxylic acids is 1. The largest absolute Gasteiger partial charge is 0.279 e. The van der Waals surface area contributed by atoms with E-state index in [0.717, 1.165) is 20.7 Å². The molecule has 1 heterocycles. The third kappa shape index (κ3) is 4.57. The van der Waals surface area contributed by atoms with E-state index in [0.29, 0.717) is 17.2 Å². The van der Waals surface area contributed by atoms with E-state index in [1.54, 1.807) is 35.7 Å². The summed E-state index contributed by atoms with van der Waals surface area (Å²) >= 11 is 3.09. The van der Waals surface area contributed by atoms with Crippen molar-refractivity contribution in [1.82, 2.24) is 4.98 Å². The number of hydrogen-bond acceptors (Lipinski definition) is 6. The molecule has 0 fully saturated rings. The van der Waals surface area contributed by atoms with Gasteiger partial charge in [-0.15, -0.1) is 11.8 Å². The Labute approximate surface area is 196 Å². The summed E-state index contributed by atoms with van der Waals surface area (Å²) in [6.45, 7) is 1.97. The average Bonchev–Trinajstić information content (AvgIpc) is 3.27. The Morgan fingerprint density at radius 1 is 1.00 bits per heavy atom. The summed E-state index contributed by atoms with van der Waals surface area (Å²) in [6.07, 6.45) is 2.01. The average molecular weight is 483 g/mol. The van der Waals surface area contributed by atoms with Gasteiger partial charge in [0, 0.05) is 10.5 Å². The number of benzene rings is 3. The second-order valence-corrected chi connectivity index (χ2v) is 11.2. The molecule has 0 unspecified atom stereocenters. The number of thiazole rings is 1. The molecule has 1 amide bonds. The second-order valence-electron chi connectivity index (χ2n) is 7.11. The standard InChI is InChI=1S/C24H22N2O3S3/c1-3-32(28,29)19-14-12-18(13-15-19)23(27)26(16-17-8-5-4-6-9-17)24-25-22-20(30-2)10-7-11-21(22)31-24/h4-15H,3,16H2,1-2H3. The molecule has 0 N–H and O–H groups in total. The Balaban J connectivity index is 1.75. The maximum Gasteiger partial charge on any atom is 0.260 e. The predicted octanol–water partition coefficient (Wildman–Crippen LogP) is 5.66. The van der Waals surface area contributed by atoms with Crippen molar-refractivity contribution >= 4 is 54.2 Å². The van der Waals surface area contributed by atoms with Gasteiger partial charge in [-0.2, -0.15) is 0 Å². The van der Waals surface area contributed by atoms with Gasteiger partial charge in [-0.05, 0) is 48.2 Å². The summed E-state index contributed by atoms with van der Waals surface area (Å²) in [7, 11) is -3.32. The fourth-order valence-corrected chi connectivity index (χ4v) is 5.81. The van der Waals surface area contributed by atoms with Crippen LogP contribution in [0.1, 0.15) is 22.8 Å². The van der Waals surface area contributed by atoms with Gasteiger partial charge in [0.15, 0.2) is 15.0 Å². The summed E-state index contributed by atoms with van der Waals surface area (Å²) in [5, 5.41) is 0.612. The summed E-state index contributed by atoms with van der Waals surface area (Å²) in [4.78, 5) is 21.3. The minimum absolute atomic E-state index is 0.0178. The zero-order chi connectivity index (χ0) is 22.7. The number of para-hydroxylation sites is 1. The highest BCUT2D eigenvalue weighted by atomic mass is 32.2. The van der Waals surface area contributed by atoms with Crippen LogP contribution in [0, 0.1) is 0 Å². The molecule has 1 aromatic heterocycles. The van der Waals surface area contributed by atoms with Crippen molar-refractivity contribution in [1.29, 1.82) is 0 Å². The van der Waals surface area contributed by atoms with Crippen molar-refractivity contribution in [2.45, 2.75) is 23.3 Å².